The second-order valence-electron chi connectivity index (χ2n) is 8.01. The van der Waals surface area contributed by atoms with Gasteiger partial charge in [-0.2, -0.15) is 0 Å². The Morgan fingerprint density at radius 3 is 2.41 bits per heavy atom. The first kappa shape index (κ1) is 20.7. The molecule has 8 heteroatoms. The van der Waals surface area contributed by atoms with Crippen LogP contribution in [0.25, 0.3) is 0 Å². The van der Waals surface area contributed by atoms with Gasteiger partial charge in [-0.3, -0.25) is 14.5 Å². The van der Waals surface area contributed by atoms with Crippen molar-refractivity contribution in [3.63, 3.8) is 0 Å². The van der Waals surface area contributed by atoms with Crippen molar-refractivity contribution in [1.82, 2.24) is 0 Å². The lowest BCUT2D eigenvalue weighted by Gasteiger charge is -2.32. The van der Waals surface area contributed by atoms with Crippen LogP contribution in [0.2, 0.25) is 5.02 Å². The largest absolute Gasteiger partial charge is 0.304 e. The maximum absolute atomic E-state index is 14.0. The monoisotopic (exact) mass is 466 g/mol. The third kappa shape index (κ3) is 2.81. The third-order valence-corrected chi connectivity index (χ3v) is 8.28. The van der Waals surface area contributed by atoms with E-state index in [4.69, 9.17) is 11.6 Å². The Labute approximate surface area is 190 Å². The number of amides is 2. The number of hydrogen-bond donors (Lipinski definition) is 0. The van der Waals surface area contributed by atoms with Gasteiger partial charge in [-0.05, 0) is 42.8 Å². The van der Waals surface area contributed by atoms with Crippen LogP contribution in [0.4, 0.5) is 11.4 Å². The topological polar surface area (TPSA) is 74.8 Å². The second-order valence-corrected chi connectivity index (χ2v) is 10.6. The van der Waals surface area contributed by atoms with E-state index in [1.54, 1.807) is 66.7 Å². The van der Waals surface area contributed by atoms with Crippen LogP contribution >= 0.6 is 11.6 Å². The van der Waals surface area contributed by atoms with Gasteiger partial charge in [0.25, 0.3) is 10.8 Å². The van der Waals surface area contributed by atoms with E-state index in [0.29, 0.717) is 22.0 Å². The van der Waals surface area contributed by atoms with Crippen LogP contribution in [-0.4, -0.2) is 26.0 Å². The Balaban J connectivity index is 1.73. The molecule has 2 amide bonds. The van der Waals surface area contributed by atoms with Crippen LogP contribution < -0.4 is 9.80 Å². The molecular weight excluding hydrogens is 448 g/mol. The van der Waals surface area contributed by atoms with Crippen LogP contribution in [-0.2, 0) is 30.8 Å². The number of fused-ring (bicyclic) bond motifs is 2. The molecule has 162 valence electrons. The van der Waals surface area contributed by atoms with E-state index in [2.05, 4.69) is 0 Å². The van der Waals surface area contributed by atoms with Crippen LogP contribution in [0.15, 0.2) is 72.8 Å². The quantitative estimate of drug-likeness (QED) is 0.588. The molecule has 1 spiro atoms. The molecule has 0 N–H and O–H groups in total. The highest BCUT2D eigenvalue weighted by Crippen LogP contribution is 2.52. The molecule has 1 saturated heterocycles. The number of carbonyl (C=O) groups is 2. The Kier molecular flexibility index (Phi) is 4.65. The molecule has 32 heavy (non-hydrogen) atoms. The van der Waals surface area contributed by atoms with Crippen molar-refractivity contribution in [1.29, 1.82) is 0 Å². The van der Waals surface area contributed by atoms with E-state index < -0.39 is 32.3 Å². The van der Waals surface area contributed by atoms with Gasteiger partial charge in [-0.15, -0.1) is 0 Å². The van der Waals surface area contributed by atoms with Crippen LogP contribution in [0.1, 0.15) is 16.7 Å². The van der Waals surface area contributed by atoms with Crippen LogP contribution in [0.3, 0.4) is 0 Å². The smallest absolute Gasteiger partial charge is 0.274 e. The lowest BCUT2D eigenvalue weighted by atomic mass is 10.0. The average molecular weight is 467 g/mol. The lowest BCUT2D eigenvalue weighted by molar-refractivity contribution is -0.123. The highest BCUT2D eigenvalue weighted by atomic mass is 35.5. The number of halogens is 1. The molecule has 2 aliphatic rings. The molecule has 6 nitrogen and oxygen atoms in total. The number of aryl methyl sites for hydroxylation is 1. The minimum absolute atomic E-state index is 0.129. The van der Waals surface area contributed by atoms with Gasteiger partial charge >= 0.3 is 0 Å². The fourth-order valence-electron chi connectivity index (χ4n) is 4.56. The van der Waals surface area contributed by atoms with Crippen molar-refractivity contribution in [3.05, 3.63) is 94.5 Å². The van der Waals surface area contributed by atoms with Gasteiger partial charge in [0.15, 0.2) is 9.84 Å². The number of para-hydroxylation sites is 1. The van der Waals surface area contributed by atoms with E-state index in [1.165, 1.54) is 4.90 Å². The van der Waals surface area contributed by atoms with E-state index in [0.717, 1.165) is 16.0 Å². The van der Waals surface area contributed by atoms with E-state index in [-0.39, 0.29) is 6.54 Å². The molecule has 1 unspecified atom stereocenters. The molecular formula is C24H19ClN2O4S. The zero-order valence-corrected chi connectivity index (χ0v) is 18.7. The number of nitrogens with zero attached hydrogens (tertiary/aromatic N) is 2. The van der Waals surface area contributed by atoms with Crippen molar-refractivity contribution in [2.75, 3.05) is 15.6 Å². The SMILES string of the molecule is Cc1ccc(N2C(=O)CS(=O)(=O)C23C(=O)N(Cc2cccc(Cl)c2)c2ccccc23)cc1. The Hall–Kier alpha value is -3.16. The van der Waals surface area contributed by atoms with Crippen LogP contribution in [0.5, 0.6) is 0 Å². The van der Waals surface area contributed by atoms with Crippen molar-refractivity contribution in [2.45, 2.75) is 18.3 Å². The summed E-state index contributed by atoms with van der Waals surface area (Å²) in [5.41, 5.74) is 2.83. The molecule has 0 bridgehead atoms. The molecule has 3 aromatic carbocycles. The predicted molar refractivity (Wildman–Crippen MR) is 123 cm³/mol. The second kappa shape index (κ2) is 7.18. The number of benzene rings is 3. The van der Waals surface area contributed by atoms with Gasteiger partial charge in [0.2, 0.25) is 5.91 Å². The van der Waals surface area contributed by atoms with E-state index >= 15 is 0 Å². The molecule has 0 aromatic heterocycles. The van der Waals surface area contributed by atoms with Gasteiger partial charge in [0.05, 0.1) is 12.2 Å². The summed E-state index contributed by atoms with van der Waals surface area (Å²) in [6.07, 6.45) is 0. The highest BCUT2D eigenvalue weighted by molar-refractivity contribution is 7.94. The van der Waals surface area contributed by atoms with Gasteiger partial charge in [-0.1, -0.05) is 59.6 Å². The third-order valence-electron chi connectivity index (χ3n) is 5.94. The van der Waals surface area contributed by atoms with E-state index in [1.807, 2.05) is 13.0 Å². The summed E-state index contributed by atoms with van der Waals surface area (Å²) in [5.74, 6) is -2.02. The van der Waals surface area contributed by atoms with Gasteiger partial charge in [0, 0.05) is 16.3 Å². The first-order chi connectivity index (χ1) is 15.3. The zero-order valence-electron chi connectivity index (χ0n) is 17.2. The molecule has 2 aliphatic heterocycles. The minimum Gasteiger partial charge on any atom is -0.304 e. The summed E-state index contributed by atoms with van der Waals surface area (Å²) in [7, 11) is -4.18. The Bertz CT molecular complexity index is 1370. The normalized spacial score (nSPS) is 21.4. The molecule has 0 saturated carbocycles. The first-order valence-corrected chi connectivity index (χ1v) is 12.1. The average Bonchev–Trinajstić information content (AvgIpc) is 3.12. The molecule has 1 atom stereocenters. The van der Waals surface area contributed by atoms with Gasteiger partial charge in [0.1, 0.15) is 5.75 Å². The van der Waals surface area contributed by atoms with Crippen molar-refractivity contribution in [3.8, 4) is 0 Å². The molecule has 0 radical (unpaired) electrons. The number of rotatable bonds is 3. The first-order valence-electron chi connectivity index (χ1n) is 10.0. The van der Waals surface area contributed by atoms with Crippen LogP contribution in [0, 0.1) is 6.92 Å². The maximum atomic E-state index is 14.0. The number of sulfone groups is 1. The fraction of sp³-hybridized carbons (Fsp3) is 0.167. The van der Waals surface area contributed by atoms with Crippen molar-refractivity contribution < 1.29 is 18.0 Å². The highest BCUT2D eigenvalue weighted by Gasteiger charge is 2.69. The lowest BCUT2D eigenvalue weighted by Crippen LogP contribution is -2.54. The summed E-state index contributed by atoms with van der Waals surface area (Å²) in [4.78, 5) is 27.5. The summed E-state index contributed by atoms with van der Waals surface area (Å²) in [6.45, 7) is 2.02. The van der Waals surface area contributed by atoms with Gasteiger partial charge in [-0.25, -0.2) is 8.42 Å². The molecule has 1 fully saturated rings. The fourth-order valence-corrected chi connectivity index (χ4v) is 6.81. The molecule has 5 rings (SSSR count). The summed E-state index contributed by atoms with van der Waals surface area (Å²) in [6, 6.07) is 20.7. The standard InChI is InChI=1S/C24H19ClN2O4S/c1-16-9-11-19(12-10-16)27-22(28)15-32(30,31)24(27)20-7-2-3-8-21(20)26(23(24)29)14-17-5-4-6-18(25)13-17/h2-13H,14-15H2,1H3. The molecule has 0 aliphatic carbocycles. The van der Waals surface area contributed by atoms with Crippen molar-refractivity contribution >= 4 is 44.6 Å². The maximum Gasteiger partial charge on any atom is 0.274 e. The summed E-state index contributed by atoms with van der Waals surface area (Å²) < 4.78 is 27.1. The zero-order chi connectivity index (χ0) is 22.7. The summed E-state index contributed by atoms with van der Waals surface area (Å²) >= 11 is 6.12. The minimum atomic E-state index is -4.18. The number of hydrogen-bond acceptors (Lipinski definition) is 4. The van der Waals surface area contributed by atoms with E-state index in [9.17, 15) is 18.0 Å². The summed E-state index contributed by atoms with van der Waals surface area (Å²) in [5, 5.41) is 0.516. The molecule has 3 aromatic rings. The number of carbonyl (C=O) groups excluding carboxylic acids is 2. The van der Waals surface area contributed by atoms with Gasteiger partial charge < -0.3 is 4.90 Å². The molecule has 2 heterocycles. The Morgan fingerprint density at radius 1 is 0.969 bits per heavy atom. The number of anilines is 2. The van der Waals surface area contributed by atoms with Crippen molar-refractivity contribution in [2.24, 2.45) is 0 Å². The Morgan fingerprint density at radius 2 is 1.69 bits per heavy atom. The predicted octanol–water partition coefficient (Wildman–Crippen LogP) is 3.81.